The smallest absolute Gasteiger partial charge is 0.272 e. The van der Waals surface area contributed by atoms with Crippen LogP contribution in [0.2, 0.25) is 0 Å². The molecular formula is C23H19ClN4O3. The molecule has 0 radical (unpaired) electrons. The number of anilines is 2. The molecule has 31 heavy (non-hydrogen) atoms. The standard InChI is InChI=1S/C23H18N4O3.ClH/c1-23(30)18-8-4-5-9-20(18)27(22(23)29)15-10-14(12-24-13-15)11-19-16-6-2-3-7-17(16)21(28)26-25-19;/h2-10,12-13,30H,11H2,1H3,(H,26,28);1H. The van der Waals surface area contributed by atoms with Crippen LogP contribution in [-0.2, 0) is 16.8 Å². The number of rotatable bonds is 3. The Hall–Kier alpha value is -3.55. The summed E-state index contributed by atoms with van der Waals surface area (Å²) in [6.45, 7) is 1.50. The molecule has 1 aliphatic heterocycles. The molecule has 0 spiro atoms. The number of pyridine rings is 1. The zero-order valence-corrected chi connectivity index (χ0v) is 17.4. The molecule has 2 aromatic carbocycles. The van der Waals surface area contributed by atoms with Gasteiger partial charge in [0.15, 0.2) is 5.60 Å². The summed E-state index contributed by atoms with van der Waals surface area (Å²) in [5.41, 5.74) is 1.48. The van der Waals surface area contributed by atoms with Gasteiger partial charge in [-0.05, 0) is 30.7 Å². The minimum absolute atomic E-state index is 0. The molecule has 3 heterocycles. The maximum Gasteiger partial charge on any atom is 0.272 e. The van der Waals surface area contributed by atoms with Crippen LogP contribution in [0.1, 0.15) is 23.7 Å². The number of aromatic nitrogens is 3. The van der Waals surface area contributed by atoms with Crippen LogP contribution in [0.5, 0.6) is 0 Å². The van der Waals surface area contributed by atoms with Crippen LogP contribution >= 0.6 is 12.4 Å². The van der Waals surface area contributed by atoms with Gasteiger partial charge < -0.3 is 5.11 Å². The Bertz CT molecular complexity index is 1370. The van der Waals surface area contributed by atoms with Crippen LogP contribution in [0.25, 0.3) is 10.8 Å². The summed E-state index contributed by atoms with van der Waals surface area (Å²) in [6.07, 6.45) is 3.73. The first-order chi connectivity index (χ1) is 14.5. The lowest BCUT2D eigenvalue weighted by atomic mass is 9.98. The fourth-order valence-corrected chi connectivity index (χ4v) is 3.97. The third-order valence-corrected chi connectivity index (χ3v) is 5.47. The van der Waals surface area contributed by atoms with E-state index < -0.39 is 11.5 Å². The summed E-state index contributed by atoms with van der Waals surface area (Å²) in [6, 6.07) is 16.3. The van der Waals surface area contributed by atoms with Crippen molar-refractivity contribution in [3.63, 3.8) is 0 Å². The highest BCUT2D eigenvalue weighted by Crippen LogP contribution is 2.43. The summed E-state index contributed by atoms with van der Waals surface area (Å²) in [5, 5.41) is 18.8. The quantitative estimate of drug-likeness (QED) is 0.515. The third kappa shape index (κ3) is 3.28. The number of amides is 1. The average molecular weight is 435 g/mol. The number of fused-ring (bicyclic) bond motifs is 2. The molecule has 2 N–H and O–H groups in total. The van der Waals surface area contributed by atoms with Crippen molar-refractivity contribution in [2.75, 3.05) is 4.90 Å². The number of benzene rings is 2. The molecule has 8 heteroatoms. The van der Waals surface area contributed by atoms with Crippen molar-refractivity contribution in [2.24, 2.45) is 0 Å². The fraction of sp³-hybridized carbons (Fsp3) is 0.130. The van der Waals surface area contributed by atoms with Gasteiger partial charge in [0.05, 0.1) is 28.7 Å². The number of para-hydroxylation sites is 1. The molecule has 1 amide bonds. The number of carbonyl (C=O) groups is 1. The summed E-state index contributed by atoms with van der Waals surface area (Å²) in [4.78, 5) is 30.8. The van der Waals surface area contributed by atoms with Crippen LogP contribution in [0.3, 0.4) is 0 Å². The van der Waals surface area contributed by atoms with Gasteiger partial charge in [-0.3, -0.25) is 19.5 Å². The molecule has 7 nitrogen and oxygen atoms in total. The summed E-state index contributed by atoms with van der Waals surface area (Å²) < 4.78 is 0. The van der Waals surface area contributed by atoms with Gasteiger partial charge in [0.25, 0.3) is 11.5 Å². The van der Waals surface area contributed by atoms with E-state index in [2.05, 4.69) is 15.2 Å². The Kier molecular flexibility index (Phi) is 5.08. The van der Waals surface area contributed by atoms with Crippen molar-refractivity contribution in [1.29, 1.82) is 0 Å². The van der Waals surface area contributed by atoms with E-state index in [4.69, 9.17) is 0 Å². The first-order valence-corrected chi connectivity index (χ1v) is 9.53. The third-order valence-electron chi connectivity index (χ3n) is 5.47. The lowest BCUT2D eigenvalue weighted by molar-refractivity contribution is -0.133. The van der Waals surface area contributed by atoms with E-state index in [0.717, 1.165) is 10.9 Å². The van der Waals surface area contributed by atoms with E-state index >= 15 is 0 Å². The van der Waals surface area contributed by atoms with Crippen LogP contribution in [0.4, 0.5) is 11.4 Å². The second kappa shape index (κ2) is 7.61. The molecule has 0 saturated carbocycles. The monoisotopic (exact) mass is 434 g/mol. The normalized spacial score (nSPS) is 17.5. The molecule has 1 atom stereocenters. The van der Waals surface area contributed by atoms with Gasteiger partial charge in [-0.1, -0.05) is 36.4 Å². The highest BCUT2D eigenvalue weighted by atomic mass is 35.5. The lowest BCUT2D eigenvalue weighted by Gasteiger charge is -2.20. The highest BCUT2D eigenvalue weighted by Gasteiger charge is 2.46. The predicted molar refractivity (Wildman–Crippen MR) is 120 cm³/mol. The second-order valence-corrected chi connectivity index (χ2v) is 7.50. The number of hydrogen-bond donors (Lipinski definition) is 2. The number of nitrogens with one attached hydrogen (secondary N) is 1. The molecule has 0 saturated heterocycles. The zero-order chi connectivity index (χ0) is 20.9. The van der Waals surface area contributed by atoms with Crippen LogP contribution in [0, 0.1) is 0 Å². The number of aliphatic hydroxyl groups is 1. The topological polar surface area (TPSA) is 99.2 Å². The molecule has 156 valence electrons. The van der Waals surface area contributed by atoms with Crippen LogP contribution < -0.4 is 10.5 Å². The van der Waals surface area contributed by atoms with Gasteiger partial charge in [0.2, 0.25) is 0 Å². The zero-order valence-electron chi connectivity index (χ0n) is 16.6. The molecule has 1 aliphatic rings. The van der Waals surface area contributed by atoms with E-state index in [0.29, 0.717) is 34.4 Å². The minimum Gasteiger partial charge on any atom is -0.375 e. The molecule has 0 bridgehead atoms. The highest BCUT2D eigenvalue weighted by molar-refractivity contribution is 6.11. The molecule has 5 rings (SSSR count). The maximum absolute atomic E-state index is 13.0. The predicted octanol–water partition coefficient (Wildman–Crippen LogP) is 3.22. The van der Waals surface area contributed by atoms with Gasteiger partial charge in [-0.15, -0.1) is 12.4 Å². The molecule has 0 fully saturated rings. The Morgan fingerprint density at radius 1 is 1.03 bits per heavy atom. The van der Waals surface area contributed by atoms with Crippen molar-refractivity contribution < 1.29 is 9.90 Å². The SMILES string of the molecule is CC1(O)C(=O)N(c2cncc(Cc3n[nH]c(=O)c4ccccc34)c2)c2ccccc21.Cl. The maximum atomic E-state index is 13.0. The second-order valence-electron chi connectivity index (χ2n) is 7.50. The van der Waals surface area contributed by atoms with Crippen LogP contribution in [-0.4, -0.2) is 26.2 Å². The van der Waals surface area contributed by atoms with Gasteiger partial charge in [-0.2, -0.15) is 5.10 Å². The van der Waals surface area contributed by atoms with Crippen molar-refractivity contribution in [2.45, 2.75) is 18.9 Å². The summed E-state index contributed by atoms with van der Waals surface area (Å²) in [5.74, 6) is -0.421. The van der Waals surface area contributed by atoms with Crippen LogP contribution in [0.15, 0.2) is 71.8 Å². The van der Waals surface area contributed by atoms with Crippen molar-refractivity contribution >= 4 is 40.5 Å². The Balaban J connectivity index is 0.00000231. The Morgan fingerprint density at radius 3 is 2.55 bits per heavy atom. The molecule has 4 aromatic rings. The number of halogens is 1. The summed E-state index contributed by atoms with van der Waals surface area (Å²) in [7, 11) is 0. The van der Waals surface area contributed by atoms with E-state index in [9.17, 15) is 14.7 Å². The van der Waals surface area contributed by atoms with Gasteiger partial charge >= 0.3 is 0 Å². The van der Waals surface area contributed by atoms with Gasteiger partial charge in [0.1, 0.15) is 0 Å². The van der Waals surface area contributed by atoms with Crippen molar-refractivity contribution in [3.8, 4) is 0 Å². The first-order valence-electron chi connectivity index (χ1n) is 9.53. The Morgan fingerprint density at radius 2 is 1.74 bits per heavy atom. The molecular weight excluding hydrogens is 416 g/mol. The lowest BCUT2D eigenvalue weighted by Crippen LogP contribution is -2.35. The number of aromatic amines is 1. The molecule has 2 aromatic heterocycles. The van der Waals surface area contributed by atoms with Gasteiger partial charge in [-0.25, -0.2) is 5.10 Å². The van der Waals surface area contributed by atoms with E-state index in [1.54, 1.807) is 36.7 Å². The Labute approximate surface area is 183 Å². The number of carbonyl (C=O) groups excluding carboxylic acids is 1. The van der Waals surface area contributed by atoms with Crippen molar-refractivity contribution in [3.05, 3.63) is 94.2 Å². The summed E-state index contributed by atoms with van der Waals surface area (Å²) >= 11 is 0. The molecule has 0 aliphatic carbocycles. The number of hydrogen-bond acceptors (Lipinski definition) is 5. The minimum atomic E-state index is -1.59. The van der Waals surface area contributed by atoms with E-state index in [1.807, 2.05) is 30.3 Å². The van der Waals surface area contributed by atoms with E-state index in [-0.39, 0.29) is 18.0 Å². The first kappa shape index (κ1) is 20.7. The number of H-pyrrole nitrogens is 1. The van der Waals surface area contributed by atoms with Gasteiger partial charge in [0, 0.05) is 23.6 Å². The van der Waals surface area contributed by atoms with Crippen molar-refractivity contribution in [1.82, 2.24) is 15.2 Å². The van der Waals surface area contributed by atoms with E-state index in [1.165, 1.54) is 11.8 Å². The largest absolute Gasteiger partial charge is 0.375 e. The number of nitrogens with zero attached hydrogens (tertiary/aromatic N) is 3. The molecule has 1 unspecified atom stereocenters. The fourth-order valence-electron chi connectivity index (χ4n) is 3.97. The average Bonchev–Trinajstić information content (AvgIpc) is 2.96.